The van der Waals surface area contributed by atoms with Gasteiger partial charge >= 0.3 is 0 Å². The fraction of sp³-hybridized carbons (Fsp3) is 0.391. The predicted octanol–water partition coefficient (Wildman–Crippen LogP) is 4.49. The molecule has 1 saturated heterocycles. The summed E-state index contributed by atoms with van der Waals surface area (Å²) < 4.78 is 1.86. The number of rotatable bonds is 4. The van der Waals surface area contributed by atoms with Gasteiger partial charge in [0.15, 0.2) is 5.69 Å². The van der Waals surface area contributed by atoms with Crippen LogP contribution in [0.15, 0.2) is 35.7 Å². The maximum Gasteiger partial charge on any atom is 0.276 e. The van der Waals surface area contributed by atoms with Crippen molar-refractivity contribution in [1.82, 2.24) is 14.7 Å². The number of piperidine rings is 1. The Morgan fingerprint density at radius 2 is 1.90 bits per heavy atom. The summed E-state index contributed by atoms with van der Waals surface area (Å²) in [6.45, 7) is 3.37. The number of thiophene rings is 1. The van der Waals surface area contributed by atoms with Gasteiger partial charge in [-0.25, -0.2) is 0 Å². The standard InChI is InChI=1S/C23H26N4OS/c1-26-22-18-11-14-29-20(18)10-9-19(22)21(25-26)23(28)24-17-7-5-16(6-8-17)15-27-12-3-2-4-13-27/h5-8,11,14H,2-4,9-10,12-13,15H2,1H3,(H,24,28). The van der Waals surface area contributed by atoms with Gasteiger partial charge < -0.3 is 5.32 Å². The van der Waals surface area contributed by atoms with Gasteiger partial charge in [-0.3, -0.25) is 14.4 Å². The molecule has 29 heavy (non-hydrogen) atoms. The molecule has 0 atom stereocenters. The second-order valence-electron chi connectivity index (χ2n) is 8.04. The second-order valence-corrected chi connectivity index (χ2v) is 9.05. The van der Waals surface area contributed by atoms with Crippen molar-refractivity contribution in [1.29, 1.82) is 0 Å². The second kappa shape index (κ2) is 7.76. The van der Waals surface area contributed by atoms with Gasteiger partial charge in [-0.15, -0.1) is 11.3 Å². The highest BCUT2D eigenvalue weighted by molar-refractivity contribution is 7.10. The van der Waals surface area contributed by atoms with Crippen molar-refractivity contribution in [3.63, 3.8) is 0 Å². The Morgan fingerprint density at radius 1 is 1.10 bits per heavy atom. The van der Waals surface area contributed by atoms with Crippen LogP contribution in [-0.2, 0) is 26.4 Å². The number of anilines is 1. The highest BCUT2D eigenvalue weighted by Gasteiger charge is 2.27. The molecule has 0 spiro atoms. The molecule has 3 heterocycles. The number of likely N-dealkylation sites (tertiary alicyclic amines) is 1. The minimum atomic E-state index is -0.121. The van der Waals surface area contributed by atoms with Crippen LogP contribution >= 0.6 is 11.3 Å². The molecule has 1 amide bonds. The molecular weight excluding hydrogens is 380 g/mol. The quantitative estimate of drug-likeness (QED) is 0.695. The van der Waals surface area contributed by atoms with Gasteiger partial charge in [0.25, 0.3) is 5.91 Å². The summed E-state index contributed by atoms with van der Waals surface area (Å²) in [5, 5.41) is 9.73. The number of hydrogen-bond acceptors (Lipinski definition) is 4. The molecule has 3 aromatic rings. The SMILES string of the molecule is Cn1nc(C(=O)Nc2ccc(CN3CCCCC3)cc2)c2c1-c1ccsc1CC2. The Hall–Kier alpha value is -2.44. The van der Waals surface area contributed by atoms with Crippen LogP contribution in [0.4, 0.5) is 5.69 Å². The highest BCUT2D eigenvalue weighted by atomic mass is 32.1. The first-order chi connectivity index (χ1) is 14.2. The molecule has 2 aromatic heterocycles. The molecule has 2 aliphatic rings. The smallest absolute Gasteiger partial charge is 0.276 e. The van der Waals surface area contributed by atoms with Gasteiger partial charge in [0, 0.05) is 35.3 Å². The van der Waals surface area contributed by atoms with Crippen molar-refractivity contribution in [2.45, 2.75) is 38.6 Å². The maximum absolute atomic E-state index is 13.0. The minimum Gasteiger partial charge on any atom is -0.321 e. The van der Waals surface area contributed by atoms with E-state index in [1.807, 2.05) is 23.9 Å². The minimum absolute atomic E-state index is 0.121. The zero-order valence-corrected chi connectivity index (χ0v) is 17.6. The van der Waals surface area contributed by atoms with E-state index in [0.29, 0.717) is 5.69 Å². The van der Waals surface area contributed by atoms with Crippen LogP contribution < -0.4 is 5.32 Å². The number of carbonyl (C=O) groups is 1. The molecule has 0 unspecified atom stereocenters. The number of nitrogens with zero attached hydrogens (tertiary/aromatic N) is 3. The molecule has 5 rings (SSSR count). The lowest BCUT2D eigenvalue weighted by molar-refractivity contribution is 0.102. The monoisotopic (exact) mass is 406 g/mol. The number of fused-ring (bicyclic) bond motifs is 3. The molecule has 6 heteroatoms. The fourth-order valence-corrected chi connectivity index (χ4v) is 5.45. The number of benzene rings is 1. The van der Waals surface area contributed by atoms with E-state index in [-0.39, 0.29) is 5.91 Å². The van der Waals surface area contributed by atoms with Crippen molar-refractivity contribution in [2.24, 2.45) is 7.05 Å². The Morgan fingerprint density at radius 3 is 2.69 bits per heavy atom. The number of aromatic nitrogens is 2. The zero-order chi connectivity index (χ0) is 19.8. The molecule has 0 bridgehead atoms. The molecule has 1 aromatic carbocycles. The Bertz CT molecular complexity index is 1030. The van der Waals surface area contributed by atoms with Crippen molar-refractivity contribution in [2.75, 3.05) is 18.4 Å². The van der Waals surface area contributed by atoms with Crippen molar-refractivity contribution >= 4 is 22.9 Å². The van der Waals surface area contributed by atoms with E-state index in [4.69, 9.17) is 0 Å². The van der Waals surface area contributed by atoms with Gasteiger partial charge in [-0.05, 0) is 67.9 Å². The third-order valence-corrected chi connectivity index (χ3v) is 7.01. The van der Waals surface area contributed by atoms with E-state index in [2.05, 4.69) is 38.9 Å². The van der Waals surface area contributed by atoms with Crippen LogP contribution in [0.3, 0.4) is 0 Å². The fourth-order valence-electron chi connectivity index (χ4n) is 4.57. The third kappa shape index (κ3) is 3.63. The maximum atomic E-state index is 13.0. The van der Waals surface area contributed by atoms with Gasteiger partial charge in [0.05, 0.1) is 5.69 Å². The summed E-state index contributed by atoms with van der Waals surface area (Å²) in [5.41, 5.74) is 6.06. The summed E-state index contributed by atoms with van der Waals surface area (Å²) in [6, 6.07) is 10.4. The molecule has 0 saturated carbocycles. The van der Waals surface area contributed by atoms with Gasteiger partial charge in [-0.2, -0.15) is 5.10 Å². The first kappa shape index (κ1) is 18.6. The number of aryl methyl sites for hydroxylation is 2. The van der Waals surface area contributed by atoms with E-state index in [1.165, 1.54) is 48.4 Å². The van der Waals surface area contributed by atoms with Crippen LogP contribution in [0.2, 0.25) is 0 Å². The molecule has 1 aliphatic heterocycles. The largest absolute Gasteiger partial charge is 0.321 e. The molecule has 1 aliphatic carbocycles. The number of carbonyl (C=O) groups excluding carboxylic acids is 1. The summed E-state index contributed by atoms with van der Waals surface area (Å²) in [7, 11) is 1.93. The van der Waals surface area contributed by atoms with Gasteiger partial charge in [-0.1, -0.05) is 18.6 Å². The van der Waals surface area contributed by atoms with E-state index in [1.54, 1.807) is 11.3 Å². The predicted molar refractivity (Wildman–Crippen MR) is 117 cm³/mol. The Balaban J connectivity index is 1.31. The summed E-state index contributed by atoms with van der Waals surface area (Å²) in [5.74, 6) is -0.121. The van der Waals surface area contributed by atoms with Gasteiger partial charge in [0.2, 0.25) is 0 Å². The van der Waals surface area contributed by atoms with Crippen molar-refractivity contribution in [3.05, 3.63) is 57.4 Å². The Labute approximate surface area is 175 Å². The van der Waals surface area contributed by atoms with Crippen molar-refractivity contribution in [3.8, 4) is 11.3 Å². The first-order valence-corrected chi connectivity index (χ1v) is 11.3. The van der Waals surface area contributed by atoms with Crippen LogP contribution in [0, 0.1) is 0 Å². The van der Waals surface area contributed by atoms with E-state index in [0.717, 1.165) is 36.3 Å². The molecule has 1 fully saturated rings. The lowest BCUT2D eigenvalue weighted by Crippen LogP contribution is -2.29. The molecule has 150 valence electrons. The first-order valence-electron chi connectivity index (χ1n) is 10.4. The average Bonchev–Trinajstić information content (AvgIpc) is 3.34. The normalized spacial score (nSPS) is 16.3. The number of nitrogens with one attached hydrogen (secondary N) is 1. The third-order valence-electron chi connectivity index (χ3n) is 6.03. The van der Waals surface area contributed by atoms with E-state index < -0.39 is 0 Å². The lowest BCUT2D eigenvalue weighted by atomic mass is 9.94. The molecular formula is C23H26N4OS. The Kier molecular flexibility index (Phi) is 4.97. The molecule has 5 nitrogen and oxygen atoms in total. The van der Waals surface area contributed by atoms with Crippen LogP contribution in [0.1, 0.15) is 45.8 Å². The number of amides is 1. The average molecular weight is 407 g/mol. The van der Waals surface area contributed by atoms with E-state index >= 15 is 0 Å². The summed E-state index contributed by atoms with van der Waals surface area (Å²) >= 11 is 1.79. The molecule has 1 N–H and O–H groups in total. The van der Waals surface area contributed by atoms with Crippen LogP contribution in [-0.4, -0.2) is 33.7 Å². The van der Waals surface area contributed by atoms with Crippen molar-refractivity contribution < 1.29 is 4.79 Å². The van der Waals surface area contributed by atoms with E-state index in [9.17, 15) is 4.79 Å². The highest BCUT2D eigenvalue weighted by Crippen LogP contribution is 2.37. The van der Waals surface area contributed by atoms with Gasteiger partial charge in [0.1, 0.15) is 0 Å². The van der Waals surface area contributed by atoms with Crippen LogP contribution in [0.5, 0.6) is 0 Å². The summed E-state index contributed by atoms with van der Waals surface area (Å²) in [6.07, 6.45) is 5.81. The lowest BCUT2D eigenvalue weighted by Gasteiger charge is -2.26. The zero-order valence-electron chi connectivity index (χ0n) is 16.8. The topological polar surface area (TPSA) is 50.2 Å². The summed E-state index contributed by atoms with van der Waals surface area (Å²) in [4.78, 5) is 16.9. The number of hydrogen-bond donors (Lipinski definition) is 1. The molecule has 0 radical (unpaired) electrons. The van der Waals surface area contributed by atoms with Crippen LogP contribution in [0.25, 0.3) is 11.3 Å².